The minimum atomic E-state index is -0.916. The number of likely N-dealkylation sites (tertiary alicyclic amines) is 1. The Morgan fingerprint density at radius 1 is 1.33 bits per heavy atom. The first-order valence-corrected chi connectivity index (χ1v) is 6.62. The number of benzene rings is 1. The zero-order valence-electron chi connectivity index (χ0n) is 11.1. The second kappa shape index (κ2) is 5.11. The number of hydrogen-bond acceptors (Lipinski definition) is 2. The maximum absolute atomic E-state index is 11.8. The van der Waals surface area contributed by atoms with E-state index in [9.17, 15) is 9.90 Å². The molecular weight excluding hydrogens is 226 g/mol. The fourth-order valence-electron chi connectivity index (χ4n) is 2.94. The van der Waals surface area contributed by atoms with Crippen LogP contribution in [0.1, 0.15) is 38.7 Å². The highest BCUT2D eigenvalue weighted by Crippen LogP contribution is 2.34. The van der Waals surface area contributed by atoms with Crippen LogP contribution in [0.3, 0.4) is 0 Å². The first-order valence-electron chi connectivity index (χ1n) is 6.62. The van der Waals surface area contributed by atoms with Crippen LogP contribution in [0.15, 0.2) is 30.3 Å². The Kier molecular flexibility index (Phi) is 3.71. The largest absolute Gasteiger partial charge is 0.480 e. The molecule has 0 bridgehead atoms. The zero-order chi connectivity index (χ0) is 13.2. The standard InChI is InChI=1S/C15H21NO2/c1-12-8-6-7-11-16(12)15(2,14(17)18)13-9-4-3-5-10-13/h3-5,9-10,12H,6-8,11H2,1-2H3,(H,17,18). The lowest BCUT2D eigenvalue weighted by Crippen LogP contribution is -2.55. The summed E-state index contributed by atoms with van der Waals surface area (Å²) in [6, 6.07) is 9.88. The van der Waals surface area contributed by atoms with E-state index in [-0.39, 0.29) is 0 Å². The molecule has 0 spiro atoms. The van der Waals surface area contributed by atoms with Crippen LogP contribution in [0.4, 0.5) is 0 Å². The lowest BCUT2D eigenvalue weighted by atomic mass is 9.86. The fraction of sp³-hybridized carbons (Fsp3) is 0.533. The van der Waals surface area contributed by atoms with Crippen molar-refractivity contribution in [2.45, 2.75) is 44.7 Å². The van der Waals surface area contributed by atoms with Gasteiger partial charge in [-0.15, -0.1) is 0 Å². The van der Waals surface area contributed by atoms with Gasteiger partial charge >= 0.3 is 5.97 Å². The van der Waals surface area contributed by atoms with E-state index in [1.54, 1.807) is 0 Å². The van der Waals surface area contributed by atoms with E-state index < -0.39 is 11.5 Å². The van der Waals surface area contributed by atoms with Crippen molar-refractivity contribution < 1.29 is 9.90 Å². The summed E-state index contributed by atoms with van der Waals surface area (Å²) in [6.45, 7) is 4.81. The van der Waals surface area contributed by atoms with Gasteiger partial charge in [-0.3, -0.25) is 4.90 Å². The van der Waals surface area contributed by atoms with Gasteiger partial charge in [-0.1, -0.05) is 36.8 Å². The van der Waals surface area contributed by atoms with E-state index >= 15 is 0 Å². The third-order valence-corrected chi connectivity index (χ3v) is 4.13. The summed E-state index contributed by atoms with van der Waals surface area (Å²) in [7, 11) is 0. The van der Waals surface area contributed by atoms with Crippen LogP contribution >= 0.6 is 0 Å². The van der Waals surface area contributed by atoms with Gasteiger partial charge in [0.05, 0.1) is 0 Å². The van der Waals surface area contributed by atoms with Gasteiger partial charge in [-0.05, 0) is 38.8 Å². The smallest absolute Gasteiger partial charge is 0.328 e. The molecule has 1 fully saturated rings. The number of carboxylic acids is 1. The number of nitrogens with zero attached hydrogens (tertiary/aromatic N) is 1. The van der Waals surface area contributed by atoms with Gasteiger partial charge in [-0.25, -0.2) is 4.79 Å². The molecule has 2 atom stereocenters. The molecule has 0 saturated carbocycles. The molecule has 1 aromatic rings. The molecule has 1 aliphatic heterocycles. The Morgan fingerprint density at radius 2 is 2.00 bits per heavy atom. The van der Waals surface area contributed by atoms with Crippen molar-refractivity contribution in [3.63, 3.8) is 0 Å². The van der Waals surface area contributed by atoms with Crippen LogP contribution < -0.4 is 0 Å². The zero-order valence-corrected chi connectivity index (χ0v) is 11.1. The number of rotatable bonds is 3. The van der Waals surface area contributed by atoms with Gasteiger partial charge in [0.15, 0.2) is 0 Å². The lowest BCUT2D eigenvalue weighted by Gasteiger charge is -2.44. The number of hydrogen-bond donors (Lipinski definition) is 1. The van der Waals surface area contributed by atoms with Gasteiger partial charge < -0.3 is 5.11 Å². The van der Waals surface area contributed by atoms with E-state index in [0.717, 1.165) is 24.9 Å². The SMILES string of the molecule is CC1CCCCN1C(C)(C(=O)O)c1ccccc1. The first kappa shape index (κ1) is 13.1. The van der Waals surface area contributed by atoms with Crippen molar-refractivity contribution in [3.8, 4) is 0 Å². The molecule has 3 heteroatoms. The summed E-state index contributed by atoms with van der Waals surface area (Å²) in [5.74, 6) is -0.762. The molecule has 1 saturated heterocycles. The summed E-state index contributed by atoms with van der Waals surface area (Å²) in [4.78, 5) is 14.0. The van der Waals surface area contributed by atoms with E-state index in [1.807, 2.05) is 37.3 Å². The second-order valence-corrected chi connectivity index (χ2v) is 5.28. The topological polar surface area (TPSA) is 40.5 Å². The third kappa shape index (κ3) is 2.15. The molecule has 0 aromatic heterocycles. The molecule has 1 aliphatic rings. The molecule has 0 aliphatic carbocycles. The molecule has 98 valence electrons. The van der Waals surface area contributed by atoms with E-state index in [2.05, 4.69) is 11.8 Å². The average Bonchev–Trinajstić information content (AvgIpc) is 2.39. The van der Waals surface area contributed by atoms with Crippen molar-refractivity contribution in [1.82, 2.24) is 4.90 Å². The lowest BCUT2D eigenvalue weighted by molar-refractivity contribution is -0.154. The van der Waals surface area contributed by atoms with Gasteiger partial charge in [0, 0.05) is 6.04 Å². The van der Waals surface area contributed by atoms with E-state index in [0.29, 0.717) is 6.04 Å². The van der Waals surface area contributed by atoms with Crippen molar-refractivity contribution in [2.24, 2.45) is 0 Å². The van der Waals surface area contributed by atoms with Crippen LogP contribution in [-0.4, -0.2) is 28.6 Å². The van der Waals surface area contributed by atoms with Crippen LogP contribution in [0, 0.1) is 0 Å². The van der Waals surface area contributed by atoms with Crippen molar-refractivity contribution in [2.75, 3.05) is 6.54 Å². The van der Waals surface area contributed by atoms with E-state index in [4.69, 9.17) is 0 Å². The number of piperidine rings is 1. The van der Waals surface area contributed by atoms with Crippen molar-refractivity contribution in [1.29, 1.82) is 0 Å². The molecule has 0 radical (unpaired) electrons. The summed E-state index contributed by atoms with van der Waals surface area (Å²) >= 11 is 0. The summed E-state index contributed by atoms with van der Waals surface area (Å²) < 4.78 is 0. The highest BCUT2D eigenvalue weighted by Gasteiger charge is 2.43. The van der Waals surface area contributed by atoms with Crippen LogP contribution in [-0.2, 0) is 10.3 Å². The molecule has 18 heavy (non-hydrogen) atoms. The molecule has 2 rings (SSSR count). The average molecular weight is 247 g/mol. The molecule has 1 heterocycles. The third-order valence-electron chi connectivity index (χ3n) is 4.13. The van der Waals surface area contributed by atoms with E-state index in [1.165, 1.54) is 6.42 Å². The Morgan fingerprint density at radius 3 is 2.56 bits per heavy atom. The maximum Gasteiger partial charge on any atom is 0.328 e. The summed E-state index contributed by atoms with van der Waals surface area (Å²) in [6.07, 6.45) is 3.36. The van der Waals surface area contributed by atoms with Crippen LogP contribution in [0.2, 0.25) is 0 Å². The normalized spacial score (nSPS) is 24.4. The van der Waals surface area contributed by atoms with Crippen molar-refractivity contribution >= 4 is 5.97 Å². The Bertz CT molecular complexity index is 418. The Balaban J connectivity index is 2.41. The monoisotopic (exact) mass is 247 g/mol. The quantitative estimate of drug-likeness (QED) is 0.893. The molecule has 0 amide bonds. The second-order valence-electron chi connectivity index (χ2n) is 5.28. The predicted octanol–water partition coefficient (Wildman–Crippen LogP) is 2.86. The highest BCUT2D eigenvalue weighted by atomic mass is 16.4. The van der Waals surface area contributed by atoms with Gasteiger partial charge in [-0.2, -0.15) is 0 Å². The fourth-order valence-corrected chi connectivity index (χ4v) is 2.94. The molecule has 1 N–H and O–H groups in total. The molecule has 3 nitrogen and oxygen atoms in total. The van der Waals surface area contributed by atoms with Gasteiger partial charge in [0.2, 0.25) is 0 Å². The van der Waals surface area contributed by atoms with Crippen molar-refractivity contribution in [3.05, 3.63) is 35.9 Å². The highest BCUT2D eigenvalue weighted by molar-refractivity contribution is 5.80. The molecular formula is C15H21NO2. The number of carboxylic acid groups (broad SMARTS) is 1. The number of carbonyl (C=O) groups is 1. The van der Waals surface area contributed by atoms with Gasteiger partial charge in [0.1, 0.15) is 5.54 Å². The number of aliphatic carboxylic acids is 1. The minimum Gasteiger partial charge on any atom is -0.480 e. The predicted molar refractivity (Wildman–Crippen MR) is 71.4 cm³/mol. The van der Waals surface area contributed by atoms with Gasteiger partial charge in [0.25, 0.3) is 0 Å². The maximum atomic E-state index is 11.8. The summed E-state index contributed by atoms with van der Waals surface area (Å²) in [5, 5.41) is 9.71. The Labute approximate surface area is 108 Å². The Hall–Kier alpha value is -1.35. The minimum absolute atomic E-state index is 0.319. The summed E-state index contributed by atoms with van der Waals surface area (Å²) in [5.41, 5.74) is -0.0487. The van der Waals surface area contributed by atoms with Crippen LogP contribution in [0.5, 0.6) is 0 Å². The molecule has 2 unspecified atom stereocenters. The first-order chi connectivity index (χ1) is 8.56. The van der Waals surface area contributed by atoms with Crippen LogP contribution in [0.25, 0.3) is 0 Å². The molecule has 1 aromatic carbocycles.